The third-order valence-electron chi connectivity index (χ3n) is 2.43. The summed E-state index contributed by atoms with van der Waals surface area (Å²) in [5, 5.41) is 0. The second kappa shape index (κ2) is 4.32. The van der Waals surface area contributed by atoms with Crippen LogP contribution in [0.2, 0.25) is 0 Å². The number of nitrogens with two attached hydrogens (primary N) is 1. The fraction of sp³-hybridized carbons (Fsp3) is 0.0769. The Balaban J connectivity index is 2.32. The molecule has 0 saturated heterocycles. The van der Waals surface area contributed by atoms with Crippen LogP contribution in [-0.2, 0) is 0 Å². The molecular formula is C13H12BN. The largest absolute Gasteiger partial charge is 0.320 e. The Bertz CT molecular complexity index is 439. The van der Waals surface area contributed by atoms with E-state index in [2.05, 4.69) is 0 Å². The highest BCUT2D eigenvalue weighted by atomic mass is 14.6. The van der Waals surface area contributed by atoms with Crippen LogP contribution >= 0.6 is 0 Å². The zero-order chi connectivity index (χ0) is 10.7. The van der Waals surface area contributed by atoms with Gasteiger partial charge in [0.15, 0.2) is 0 Å². The number of rotatable bonds is 2. The molecule has 2 radical (unpaired) electrons. The maximum atomic E-state index is 6.13. The van der Waals surface area contributed by atoms with Crippen molar-refractivity contribution >= 4 is 13.3 Å². The Morgan fingerprint density at radius 3 is 2.20 bits per heavy atom. The van der Waals surface area contributed by atoms with E-state index in [-0.39, 0.29) is 6.04 Å². The van der Waals surface area contributed by atoms with Gasteiger partial charge in [0.05, 0.1) is 6.04 Å². The third kappa shape index (κ3) is 2.28. The summed E-state index contributed by atoms with van der Waals surface area (Å²) in [5.74, 6) is 0. The van der Waals surface area contributed by atoms with Crippen LogP contribution in [0.25, 0.3) is 0 Å². The van der Waals surface area contributed by atoms with Gasteiger partial charge in [-0.05, 0) is 11.1 Å². The lowest BCUT2D eigenvalue weighted by Gasteiger charge is -2.12. The minimum Gasteiger partial charge on any atom is -0.320 e. The van der Waals surface area contributed by atoms with Gasteiger partial charge in [-0.3, -0.25) is 0 Å². The molecule has 72 valence electrons. The van der Waals surface area contributed by atoms with E-state index in [1.54, 1.807) is 0 Å². The van der Waals surface area contributed by atoms with Gasteiger partial charge in [-0.15, -0.1) is 0 Å². The van der Waals surface area contributed by atoms with Crippen molar-refractivity contribution in [1.82, 2.24) is 0 Å². The first-order valence-corrected chi connectivity index (χ1v) is 4.93. The molecule has 0 bridgehead atoms. The Kier molecular flexibility index (Phi) is 2.88. The number of benzene rings is 2. The normalized spacial score (nSPS) is 12.3. The van der Waals surface area contributed by atoms with Gasteiger partial charge in [0, 0.05) is 0 Å². The molecule has 0 aliphatic carbocycles. The topological polar surface area (TPSA) is 26.0 Å². The summed E-state index contributed by atoms with van der Waals surface area (Å²) in [5.41, 5.74) is 9.02. The summed E-state index contributed by atoms with van der Waals surface area (Å²) in [6.45, 7) is 0. The zero-order valence-electron chi connectivity index (χ0n) is 8.43. The molecule has 0 aliphatic rings. The molecule has 2 N–H and O–H groups in total. The average molecular weight is 193 g/mol. The van der Waals surface area contributed by atoms with E-state index in [0.717, 1.165) is 16.6 Å². The summed E-state index contributed by atoms with van der Waals surface area (Å²) in [7, 11) is 5.72. The van der Waals surface area contributed by atoms with E-state index in [1.165, 1.54) is 0 Å². The molecule has 2 rings (SSSR count). The second-order valence-electron chi connectivity index (χ2n) is 3.56. The molecule has 0 heterocycles. The van der Waals surface area contributed by atoms with E-state index in [9.17, 15) is 0 Å². The minimum absolute atomic E-state index is 0.102. The van der Waals surface area contributed by atoms with E-state index in [4.69, 9.17) is 13.6 Å². The first-order chi connectivity index (χ1) is 7.27. The predicted octanol–water partition coefficient (Wildman–Crippen LogP) is 1.53. The van der Waals surface area contributed by atoms with Crippen molar-refractivity contribution in [2.24, 2.45) is 5.73 Å². The van der Waals surface area contributed by atoms with Crippen LogP contribution in [-0.4, -0.2) is 7.85 Å². The van der Waals surface area contributed by atoms with E-state index < -0.39 is 0 Å². The van der Waals surface area contributed by atoms with Crippen molar-refractivity contribution in [3.63, 3.8) is 0 Å². The molecule has 2 heteroatoms. The van der Waals surface area contributed by atoms with Crippen molar-refractivity contribution in [3.8, 4) is 0 Å². The van der Waals surface area contributed by atoms with Gasteiger partial charge in [-0.25, -0.2) is 0 Å². The molecule has 0 amide bonds. The molecule has 0 fully saturated rings. The highest BCUT2D eigenvalue weighted by molar-refractivity contribution is 6.32. The van der Waals surface area contributed by atoms with E-state index in [0.29, 0.717) is 0 Å². The number of hydrogen-bond acceptors (Lipinski definition) is 1. The molecule has 0 unspecified atom stereocenters. The van der Waals surface area contributed by atoms with Gasteiger partial charge in [-0.1, -0.05) is 60.1 Å². The maximum absolute atomic E-state index is 6.13. The monoisotopic (exact) mass is 193 g/mol. The van der Waals surface area contributed by atoms with Gasteiger partial charge in [0.25, 0.3) is 0 Å². The molecule has 0 aliphatic heterocycles. The lowest BCUT2D eigenvalue weighted by atomic mass is 9.91. The molecule has 1 nitrogen and oxygen atoms in total. The molecule has 0 aromatic heterocycles. The van der Waals surface area contributed by atoms with Crippen LogP contribution in [0.15, 0.2) is 54.6 Å². The van der Waals surface area contributed by atoms with Crippen molar-refractivity contribution in [2.45, 2.75) is 6.04 Å². The first kappa shape index (κ1) is 10.00. The summed E-state index contributed by atoms with van der Waals surface area (Å²) in [4.78, 5) is 0. The molecular weight excluding hydrogens is 181 g/mol. The Morgan fingerprint density at radius 2 is 1.53 bits per heavy atom. The van der Waals surface area contributed by atoms with Crippen LogP contribution in [0.1, 0.15) is 17.2 Å². The SMILES string of the molecule is [B]c1cccc([C@@H](N)c2ccccc2)c1. The number of hydrogen-bond donors (Lipinski definition) is 1. The maximum Gasteiger partial charge on any atom is 0.113 e. The van der Waals surface area contributed by atoms with E-state index in [1.807, 2.05) is 54.6 Å². The van der Waals surface area contributed by atoms with Crippen LogP contribution in [0.4, 0.5) is 0 Å². The Hall–Kier alpha value is -1.54. The van der Waals surface area contributed by atoms with Gasteiger partial charge >= 0.3 is 0 Å². The lowest BCUT2D eigenvalue weighted by Crippen LogP contribution is -2.14. The van der Waals surface area contributed by atoms with Crippen molar-refractivity contribution in [3.05, 3.63) is 65.7 Å². The lowest BCUT2D eigenvalue weighted by molar-refractivity contribution is 0.873. The first-order valence-electron chi connectivity index (χ1n) is 4.93. The summed E-state index contributed by atoms with van der Waals surface area (Å²) < 4.78 is 0. The van der Waals surface area contributed by atoms with Gasteiger partial charge in [0.2, 0.25) is 0 Å². The fourth-order valence-electron chi connectivity index (χ4n) is 1.61. The molecule has 1 atom stereocenters. The van der Waals surface area contributed by atoms with E-state index >= 15 is 0 Å². The quantitative estimate of drug-likeness (QED) is 0.719. The molecule has 0 spiro atoms. The standard InChI is InChI=1S/C13H12BN/c14-12-8-4-7-11(9-12)13(15)10-5-2-1-3-6-10/h1-9,13H,15H2/t13-/m0/s1. The van der Waals surface area contributed by atoms with Crippen LogP contribution in [0.5, 0.6) is 0 Å². The highest BCUT2D eigenvalue weighted by Gasteiger charge is 2.07. The summed E-state index contributed by atoms with van der Waals surface area (Å²) in [6.07, 6.45) is 0. The zero-order valence-corrected chi connectivity index (χ0v) is 8.43. The smallest absolute Gasteiger partial charge is 0.113 e. The van der Waals surface area contributed by atoms with Gasteiger partial charge < -0.3 is 5.73 Å². The molecule has 2 aromatic rings. The summed E-state index contributed by atoms with van der Waals surface area (Å²) >= 11 is 0. The third-order valence-corrected chi connectivity index (χ3v) is 2.43. The van der Waals surface area contributed by atoms with Crippen molar-refractivity contribution in [1.29, 1.82) is 0 Å². The average Bonchev–Trinajstić information content (AvgIpc) is 2.29. The summed E-state index contributed by atoms with van der Waals surface area (Å²) in [6, 6.07) is 17.6. The van der Waals surface area contributed by atoms with Crippen LogP contribution in [0.3, 0.4) is 0 Å². The Labute approximate surface area is 91.3 Å². The molecule has 15 heavy (non-hydrogen) atoms. The molecule has 2 aromatic carbocycles. The highest BCUT2D eigenvalue weighted by Crippen LogP contribution is 2.17. The van der Waals surface area contributed by atoms with Crippen LogP contribution in [0, 0.1) is 0 Å². The second-order valence-corrected chi connectivity index (χ2v) is 3.56. The predicted molar refractivity (Wildman–Crippen MR) is 64.3 cm³/mol. The molecule has 0 saturated carbocycles. The van der Waals surface area contributed by atoms with Crippen molar-refractivity contribution in [2.75, 3.05) is 0 Å². The fourth-order valence-corrected chi connectivity index (χ4v) is 1.61. The minimum atomic E-state index is -0.102. The van der Waals surface area contributed by atoms with Gasteiger partial charge in [0.1, 0.15) is 7.85 Å². The van der Waals surface area contributed by atoms with Crippen molar-refractivity contribution < 1.29 is 0 Å². The van der Waals surface area contributed by atoms with Crippen LogP contribution < -0.4 is 11.2 Å². The Morgan fingerprint density at radius 1 is 0.867 bits per heavy atom. The van der Waals surface area contributed by atoms with Gasteiger partial charge in [-0.2, -0.15) is 0 Å².